The number of nitrogens with two attached hydrogens (primary N) is 1. The topological polar surface area (TPSA) is 115 Å². The van der Waals surface area contributed by atoms with Crippen molar-refractivity contribution in [3.8, 4) is 0 Å². The number of amides is 2. The highest BCUT2D eigenvalue weighted by atomic mass is 16.6. The minimum atomic E-state index is -0.574. The summed E-state index contributed by atoms with van der Waals surface area (Å²) in [5.74, 6) is -0.0776. The molecule has 1 aromatic carbocycles. The molecule has 0 aromatic heterocycles. The summed E-state index contributed by atoms with van der Waals surface area (Å²) in [4.78, 5) is 23.4. The van der Waals surface area contributed by atoms with E-state index in [0.717, 1.165) is 0 Å². The molecule has 0 saturated carbocycles. The van der Waals surface area contributed by atoms with Crippen LogP contribution in [0.15, 0.2) is 18.2 Å². The SMILES string of the molecule is COCCNC(=O)CCNc1cc(NC(=O)OC(C)(C)C)ccc1N. The summed E-state index contributed by atoms with van der Waals surface area (Å²) in [7, 11) is 1.58. The maximum absolute atomic E-state index is 11.8. The molecule has 0 aliphatic carbocycles. The lowest BCUT2D eigenvalue weighted by Gasteiger charge is -2.20. The number of anilines is 3. The van der Waals surface area contributed by atoms with Crippen LogP contribution >= 0.6 is 0 Å². The summed E-state index contributed by atoms with van der Waals surface area (Å²) in [6.07, 6.45) is -0.242. The number of hydrogen-bond acceptors (Lipinski definition) is 6. The minimum Gasteiger partial charge on any atom is -0.444 e. The van der Waals surface area contributed by atoms with Crippen LogP contribution in [0.4, 0.5) is 21.9 Å². The van der Waals surface area contributed by atoms with Gasteiger partial charge in [0.15, 0.2) is 0 Å². The Balaban J connectivity index is 2.52. The summed E-state index contributed by atoms with van der Waals surface area (Å²) >= 11 is 0. The van der Waals surface area contributed by atoms with E-state index in [9.17, 15) is 9.59 Å². The van der Waals surface area contributed by atoms with Gasteiger partial charge in [-0.25, -0.2) is 4.79 Å². The Morgan fingerprint density at radius 3 is 2.56 bits per heavy atom. The highest BCUT2D eigenvalue weighted by Gasteiger charge is 2.16. The van der Waals surface area contributed by atoms with Crippen LogP contribution in [0, 0.1) is 0 Å². The van der Waals surface area contributed by atoms with Gasteiger partial charge < -0.3 is 25.8 Å². The van der Waals surface area contributed by atoms with Gasteiger partial charge in [0.05, 0.1) is 18.0 Å². The van der Waals surface area contributed by atoms with E-state index in [2.05, 4.69) is 16.0 Å². The molecule has 1 aromatic rings. The average molecular weight is 352 g/mol. The lowest BCUT2D eigenvalue weighted by atomic mass is 10.2. The molecule has 0 radical (unpaired) electrons. The van der Waals surface area contributed by atoms with Crippen molar-refractivity contribution < 1.29 is 19.1 Å². The molecular formula is C17H28N4O4. The number of methoxy groups -OCH3 is 1. The van der Waals surface area contributed by atoms with Crippen molar-refractivity contribution in [2.45, 2.75) is 32.8 Å². The first-order valence-corrected chi connectivity index (χ1v) is 8.10. The smallest absolute Gasteiger partial charge is 0.412 e. The molecule has 0 aliphatic rings. The van der Waals surface area contributed by atoms with Crippen LogP contribution in [0.1, 0.15) is 27.2 Å². The Bertz CT molecular complexity index is 585. The third-order valence-corrected chi connectivity index (χ3v) is 2.99. The molecule has 1 rings (SSSR count). The molecular weight excluding hydrogens is 324 g/mol. The highest BCUT2D eigenvalue weighted by Crippen LogP contribution is 2.23. The monoisotopic (exact) mass is 352 g/mol. The Morgan fingerprint density at radius 2 is 1.92 bits per heavy atom. The van der Waals surface area contributed by atoms with Crippen LogP contribution in [0.2, 0.25) is 0 Å². The third kappa shape index (κ3) is 8.80. The first-order chi connectivity index (χ1) is 11.7. The van der Waals surface area contributed by atoms with Crippen molar-refractivity contribution in [3.63, 3.8) is 0 Å². The van der Waals surface area contributed by atoms with Gasteiger partial charge in [-0.2, -0.15) is 0 Å². The van der Waals surface area contributed by atoms with Crippen molar-refractivity contribution in [2.75, 3.05) is 43.2 Å². The van der Waals surface area contributed by atoms with Gasteiger partial charge >= 0.3 is 6.09 Å². The van der Waals surface area contributed by atoms with Gasteiger partial charge in [0, 0.05) is 32.3 Å². The summed E-state index contributed by atoms with van der Waals surface area (Å²) in [6.45, 7) is 6.75. The molecule has 0 saturated heterocycles. The van der Waals surface area contributed by atoms with Crippen LogP contribution in [-0.2, 0) is 14.3 Å². The molecule has 8 nitrogen and oxygen atoms in total. The fraction of sp³-hybridized carbons (Fsp3) is 0.529. The second-order valence-electron chi connectivity index (χ2n) is 6.45. The van der Waals surface area contributed by atoms with E-state index in [1.165, 1.54) is 0 Å². The number of carbonyl (C=O) groups is 2. The van der Waals surface area contributed by atoms with E-state index in [1.54, 1.807) is 46.1 Å². The minimum absolute atomic E-state index is 0.0776. The van der Waals surface area contributed by atoms with E-state index in [4.69, 9.17) is 15.2 Å². The average Bonchev–Trinajstić information content (AvgIpc) is 2.48. The molecule has 2 amide bonds. The molecule has 0 atom stereocenters. The zero-order chi connectivity index (χ0) is 18.9. The van der Waals surface area contributed by atoms with Crippen LogP contribution in [-0.4, -0.2) is 44.4 Å². The predicted molar refractivity (Wildman–Crippen MR) is 98.7 cm³/mol. The van der Waals surface area contributed by atoms with Gasteiger partial charge in [-0.1, -0.05) is 0 Å². The second kappa shape index (κ2) is 9.73. The predicted octanol–water partition coefficient (Wildman–Crippen LogP) is 2.18. The van der Waals surface area contributed by atoms with Crippen molar-refractivity contribution in [2.24, 2.45) is 0 Å². The first-order valence-electron chi connectivity index (χ1n) is 8.10. The number of nitrogens with one attached hydrogen (secondary N) is 3. The molecule has 8 heteroatoms. The molecule has 0 bridgehead atoms. The lowest BCUT2D eigenvalue weighted by molar-refractivity contribution is -0.121. The van der Waals surface area contributed by atoms with Gasteiger partial charge in [0.1, 0.15) is 5.60 Å². The van der Waals surface area contributed by atoms with Crippen molar-refractivity contribution in [3.05, 3.63) is 18.2 Å². The number of hydrogen-bond donors (Lipinski definition) is 4. The van der Waals surface area contributed by atoms with Gasteiger partial charge in [0.2, 0.25) is 5.91 Å². The number of rotatable bonds is 8. The molecule has 5 N–H and O–H groups in total. The fourth-order valence-electron chi connectivity index (χ4n) is 1.90. The quantitative estimate of drug-likeness (QED) is 0.421. The van der Waals surface area contributed by atoms with Gasteiger partial charge in [0.25, 0.3) is 0 Å². The Morgan fingerprint density at radius 1 is 1.20 bits per heavy atom. The van der Waals surface area contributed by atoms with Crippen molar-refractivity contribution in [1.29, 1.82) is 0 Å². The van der Waals surface area contributed by atoms with Crippen molar-refractivity contribution >= 4 is 29.1 Å². The van der Waals surface area contributed by atoms with E-state index in [0.29, 0.717) is 43.2 Å². The molecule has 0 heterocycles. The Hall–Kier alpha value is -2.48. The lowest BCUT2D eigenvalue weighted by Crippen LogP contribution is -2.28. The van der Waals surface area contributed by atoms with Gasteiger partial charge in [-0.05, 0) is 39.0 Å². The molecule has 0 fully saturated rings. The molecule has 140 valence electrons. The maximum Gasteiger partial charge on any atom is 0.412 e. The van der Waals surface area contributed by atoms with Crippen LogP contribution in [0.25, 0.3) is 0 Å². The zero-order valence-electron chi connectivity index (χ0n) is 15.3. The molecule has 0 aliphatic heterocycles. The van der Waals surface area contributed by atoms with E-state index >= 15 is 0 Å². The van der Waals surface area contributed by atoms with E-state index in [1.807, 2.05) is 0 Å². The fourth-order valence-corrected chi connectivity index (χ4v) is 1.90. The molecule has 0 unspecified atom stereocenters. The summed E-state index contributed by atoms with van der Waals surface area (Å²) < 4.78 is 10.1. The summed E-state index contributed by atoms with van der Waals surface area (Å²) in [5, 5.41) is 8.47. The number of ether oxygens (including phenoxy) is 2. The van der Waals surface area contributed by atoms with Gasteiger partial charge in [-0.15, -0.1) is 0 Å². The molecule has 25 heavy (non-hydrogen) atoms. The zero-order valence-corrected chi connectivity index (χ0v) is 15.3. The Kier molecular flexibility index (Phi) is 8.00. The first kappa shape index (κ1) is 20.6. The van der Waals surface area contributed by atoms with Crippen LogP contribution < -0.4 is 21.7 Å². The normalized spacial score (nSPS) is 10.9. The molecule has 0 spiro atoms. The number of carbonyl (C=O) groups excluding carboxylic acids is 2. The Labute approximate surface area is 148 Å². The van der Waals surface area contributed by atoms with Crippen molar-refractivity contribution in [1.82, 2.24) is 5.32 Å². The highest BCUT2D eigenvalue weighted by molar-refractivity contribution is 5.87. The van der Waals surface area contributed by atoms with Crippen LogP contribution in [0.5, 0.6) is 0 Å². The largest absolute Gasteiger partial charge is 0.444 e. The van der Waals surface area contributed by atoms with E-state index in [-0.39, 0.29) is 5.91 Å². The van der Waals surface area contributed by atoms with Gasteiger partial charge in [-0.3, -0.25) is 10.1 Å². The third-order valence-electron chi connectivity index (χ3n) is 2.99. The maximum atomic E-state index is 11.8. The summed E-state index contributed by atoms with van der Waals surface area (Å²) in [5.41, 5.74) is 7.05. The van der Waals surface area contributed by atoms with E-state index < -0.39 is 11.7 Å². The summed E-state index contributed by atoms with van der Waals surface area (Å²) in [6, 6.07) is 5.05. The van der Waals surface area contributed by atoms with Crippen LogP contribution in [0.3, 0.4) is 0 Å². The number of benzene rings is 1. The standard InChI is InChI=1S/C17H28N4O4/c1-17(2,3)25-16(23)21-12-5-6-13(18)14(11-12)19-8-7-15(22)20-9-10-24-4/h5-6,11,19H,7-10,18H2,1-4H3,(H,20,22)(H,21,23). The number of nitrogen functional groups attached to an aromatic ring is 1. The second-order valence-corrected chi connectivity index (χ2v) is 6.45.